The lowest BCUT2D eigenvalue weighted by molar-refractivity contribution is -0.140. The number of pyridine rings is 1. The fraction of sp³-hybridized carbons (Fsp3) is 0.375. The van der Waals surface area contributed by atoms with E-state index in [2.05, 4.69) is 9.88 Å². The van der Waals surface area contributed by atoms with Gasteiger partial charge in [-0.3, -0.25) is 19.5 Å². The van der Waals surface area contributed by atoms with Crippen molar-refractivity contribution >= 4 is 17.4 Å². The lowest BCUT2D eigenvalue weighted by Crippen LogP contribution is -2.42. The molecule has 1 aromatic heterocycles. The first-order chi connectivity index (χ1) is 15.5. The Bertz CT molecular complexity index is 1030. The number of morpholine rings is 1. The number of hydrogen-bond donors (Lipinski definition) is 1. The lowest BCUT2D eigenvalue weighted by Gasteiger charge is -2.30. The average Bonchev–Trinajstić information content (AvgIpc) is 3.08. The third-order valence-electron chi connectivity index (χ3n) is 5.97. The summed E-state index contributed by atoms with van der Waals surface area (Å²) in [6.45, 7) is 5.72. The molecule has 1 aromatic carbocycles. The molecule has 0 spiro atoms. The van der Waals surface area contributed by atoms with Gasteiger partial charge in [-0.25, -0.2) is 0 Å². The molecule has 168 valence electrons. The number of amides is 1. The maximum absolute atomic E-state index is 13.1. The standard InChI is InChI=1S/C24H27N3O5/c1-16-14-17(5-6-19(16)31-2)22(28)20-21(18-4-3-7-25-15-18)27(24(30)23(20)29)9-8-26-10-12-32-13-11-26/h3-7,14-15,21,28H,8-13H2,1-2H3/b22-20+/t21-/m0/s1. The van der Waals surface area contributed by atoms with Gasteiger partial charge in [0.15, 0.2) is 0 Å². The quantitative estimate of drug-likeness (QED) is 0.421. The minimum Gasteiger partial charge on any atom is -0.507 e. The van der Waals surface area contributed by atoms with E-state index in [-0.39, 0.29) is 11.3 Å². The van der Waals surface area contributed by atoms with E-state index < -0.39 is 17.7 Å². The van der Waals surface area contributed by atoms with Crippen LogP contribution in [-0.2, 0) is 14.3 Å². The maximum atomic E-state index is 13.1. The first-order valence-electron chi connectivity index (χ1n) is 10.6. The van der Waals surface area contributed by atoms with Crippen LogP contribution in [-0.4, -0.2) is 78.1 Å². The Morgan fingerprint density at radius 2 is 2.00 bits per heavy atom. The SMILES string of the molecule is COc1ccc(/C(O)=C2\C(=O)C(=O)N(CCN3CCOCC3)[C@H]2c2cccnc2)cc1C. The number of aryl methyl sites for hydroxylation is 1. The molecule has 0 unspecified atom stereocenters. The zero-order chi connectivity index (χ0) is 22.7. The van der Waals surface area contributed by atoms with Crippen LogP contribution in [0, 0.1) is 6.92 Å². The number of carbonyl (C=O) groups excluding carboxylic acids is 2. The van der Waals surface area contributed by atoms with Gasteiger partial charge >= 0.3 is 0 Å². The summed E-state index contributed by atoms with van der Waals surface area (Å²) in [5.41, 5.74) is 2.04. The number of likely N-dealkylation sites (tertiary alicyclic amines) is 1. The van der Waals surface area contributed by atoms with E-state index in [1.807, 2.05) is 13.0 Å². The van der Waals surface area contributed by atoms with Gasteiger partial charge in [0.05, 0.1) is 31.9 Å². The van der Waals surface area contributed by atoms with Crippen molar-refractivity contribution in [3.8, 4) is 5.75 Å². The molecule has 8 heteroatoms. The van der Waals surface area contributed by atoms with Gasteiger partial charge in [-0.15, -0.1) is 0 Å². The van der Waals surface area contributed by atoms with Crippen LogP contribution < -0.4 is 4.74 Å². The van der Waals surface area contributed by atoms with Gasteiger partial charge < -0.3 is 19.5 Å². The van der Waals surface area contributed by atoms with Crippen molar-refractivity contribution in [1.29, 1.82) is 0 Å². The lowest BCUT2D eigenvalue weighted by atomic mass is 9.95. The van der Waals surface area contributed by atoms with E-state index in [1.54, 1.807) is 43.8 Å². The molecule has 1 amide bonds. The predicted molar refractivity (Wildman–Crippen MR) is 118 cm³/mol. The molecule has 32 heavy (non-hydrogen) atoms. The molecule has 3 heterocycles. The maximum Gasteiger partial charge on any atom is 0.295 e. The van der Waals surface area contributed by atoms with E-state index in [9.17, 15) is 14.7 Å². The summed E-state index contributed by atoms with van der Waals surface area (Å²) in [4.78, 5) is 34.0. The summed E-state index contributed by atoms with van der Waals surface area (Å²) in [6.07, 6.45) is 3.26. The van der Waals surface area contributed by atoms with Crippen LogP contribution in [0.4, 0.5) is 0 Å². The number of benzene rings is 1. The number of aliphatic hydroxyl groups is 1. The van der Waals surface area contributed by atoms with Crippen LogP contribution in [0.1, 0.15) is 22.7 Å². The molecule has 2 aliphatic rings. The second-order valence-electron chi connectivity index (χ2n) is 7.92. The number of nitrogens with zero attached hydrogens (tertiary/aromatic N) is 3. The van der Waals surface area contributed by atoms with Gasteiger partial charge in [-0.1, -0.05) is 6.07 Å². The van der Waals surface area contributed by atoms with Gasteiger partial charge in [0.1, 0.15) is 11.5 Å². The number of aromatic nitrogens is 1. The predicted octanol–water partition coefficient (Wildman–Crippen LogP) is 2.15. The Hall–Kier alpha value is -3.23. The normalized spacial score (nSPS) is 21.2. The van der Waals surface area contributed by atoms with Gasteiger partial charge in [0, 0.05) is 44.1 Å². The van der Waals surface area contributed by atoms with Crippen LogP contribution in [0.15, 0.2) is 48.3 Å². The number of ketones is 1. The highest BCUT2D eigenvalue weighted by molar-refractivity contribution is 6.46. The molecule has 2 aromatic rings. The summed E-state index contributed by atoms with van der Waals surface area (Å²) >= 11 is 0. The van der Waals surface area contributed by atoms with Crippen molar-refractivity contribution in [2.24, 2.45) is 0 Å². The molecule has 8 nitrogen and oxygen atoms in total. The zero-order valence-corrected chi connectivity index (χ0v) is 18.3. The molecule has 4 rings (SSSR count). The first-order valence-corrected chi connectivity index (χ1v) is 10.6. The van der Waals surface area contributed by atoms with E-state index in [1.165, 1.54) is 4.90 Å². The fourth-order valence-electron chi connectivity index (χ4n) is 4.25. The molecule has 0 aliphatic carbocycles. The average molecular weight is 437 g/mol. The third-order valence-corrected chi connectivity index (χ3v) is 5.97. The van der Waals surface area contributed by atoms with E-state index in [0.29, 0.717) is 43.2 Å². The summed E-state index contributed by atoms with van der Waals surface area (Å²) in [5, 5.41) is 11.2. The number of rotatable bonds is 6. The number of Topliss-reactive ketones (excluding diaryl/α,β-unsaturated/α-hetero) is 1. The number of carbonyl (C=O) groups is 2. The molecule has 0 bridgehead atoms. The first kappa shape index (κ1) is 22.0. The minimum absolute atomic E-state index is 0.0783. The summed E-state index contributed by atoms with van der Waals surface area (Å²) in [6, 6.07) is 8.04. The Morgan fingerprint density at radius 1 is 1.22 bits per heavy atom. The smallest absolute Gasteiger partial charge is 0.295 e. The molecule has 1 atom stereocenters. The Kier molecular flexibility index (Phi) is 6.53. The topological polar surface area (TPSA) is 92.2 Å². The number of ether oxygens (including phenoxy) is 2. The highest BCUT2D eigenvalue weighted by atomic mass is 16.5. The Labute approximate surface area is 187 Å². The fourth-order valence-corrected chi connectivity index (χ4v) is 4.25. The van der Waals surface area contributed by atoms with Gasteiger partial charge in [0.2, 0.25) is 0 Å². The van der Waals surface area contributed by atoms with Crippen molar-refractivity contribution in [2.45, 2.75) is 13.0 Å². The molecular formula is C24H27N3O5. The molecule has 2 fully saturated rings. The second-order valence-corrected chi connectivity index (χ2v) is 7.92. The molecule has 2 aliphatic heterocycles. The zero-order valence-electron chi connectivity index (χ0n) is 18.3. The highest BCUT2D eigenvalue weighted by Gasteiger charge is 2.46. The minimum atomic E-state index is -0.702. The highest BCUT2D eigenvalue weighted by Crippen LogP contribution is 2.39. The van der Waals surface area contributed by atoms with E-state index in [4.69, 9.17) is 9.47 Å². The molecule has 2 saturated heterocycles. The van der Waals surface area contributed by atoms with Crippen LogP contribution in [0.3, 0.4) is 0 Å². The van der Waals surface area contributed by atoms with E-state index >= 15 is 0 Å². The molecule has 0 radical (unpaired) electrons. The van der Waals surface area contributed by atoms with Crippen LogP contribution in [0.2, 0.25) is 0 Å². The summed E-state index contributed by atoms with van der Waals surface area (Å²) in [5.74, 6) is -0.821. The van der Waals surface area contributed by atoms with Crippen molar-refractivity contribution in [2.75, 3.05) is 46.5 Å². The van der Waals surface area contributed by atoms with Crippen molar-refractivity contribution in [3.63, 3.8) is 0 Å². The number of aliphatic hydroxyl groups excluding tert-OH is 1. The number of hydrogen-bond acceptors (Lipinski definition) is 7. The second kappa shape index (κ2) is 9.50. The van der Waals surface area contributed by atoms with Crippen molar-refractivity contribution in [3.05, 3.63) is 65.0 Å². The van der Waals surface area contributed by atoms with E-state index in [0.717, 1.165) is 18.7 Å². The Morgan fingerprint density at radius 3 is 2.66 bits per heavy atom. The van der Waals surface area contributed by atoms with Gasteiger partial charge in [0.25, 0.3) is 11.7 Å². The summed E-state index contributed by atoms with van der Waals surface area (Å²) in [7, 11) is 1.57. The monoisotopic (exact) mass is 437 g/mol. The third kappa shape index (κ3) is 4.24. The van der Waals surface area contributed by atoms with Crippen LogP contribution in [0.5, 0.6) is 5.75 Å². The summed E-state index contributed by atoms with van der Waals surface area (Å²) < 4.78 is 10.7. The largest absolute Gasteiger partial charge is 0.507 e. The molecule has 1 N–H and O–H groups in total. The van der Waals surface area contributed by atoms with Crippen LogP contribution in [0.25, 0.3) is 5.76 Å². The molecule has 0 saturated carbocycles. The van der Waals surface area contributed by atoms with Gasteiger partial charge in [-0.2, -0.15) is 0 Å². The van der Waals surface area contributed by atoms with Crippen LogP contribution >= 0.6 is 0 Å². The number of methoxy groups -OCH3 is 1. The van der Waals surface area contributed by atoms with Crippen molar-refractivity contribution < 1.29 is 24.2 Å². The molecular weight excluding hydrogens is 410 g/mol. The van der Waals surface area contributed by atoms with Crippen molar-refractivity contribution in [1.82, 2.24) is 14.8 Å². The Balaban J connectivity index is 1.72. The van der Waals surface area contributed by atoms with Gasteiger partial charge in [-0.05, 0) is 42.3 Å².